The van der Waals surface area contributed by atoms with Crippen LogP contribution in [0.2, 0.25) is 5.02 Å². The Balaban J connectivity index is 2.06. The van der Waals surface area contributed by atoms with Gasteiger partial charge in [-0.1, -0.05) is 18.0 Å². The van der Waals surface area contributed by atoms with Gasteiger partial charge in [0.15, 0.2) is 0 Å². The first-order valence-corrected chi connectivity index (χ1v) is 6.35. The van der Waals surface area contributed by atoms with Gasteiger partial charge < -0.3 is 10.6 Å². The van der Waals surface area contributed by atoms with E-state index in [1.54, 1.807) is 6.07 Å². The number of benzene rings is 1. The zero-order valence-electron chi connectivity index (χ0n) is 9.72. The average molecular weight is 251 g/mol. The molecule has 1 aliphatic carbocycles. The molecule has 17 heavy (non-hydrogen) atoms. The summed E-state index contributed by atoms with van der Waals surface area (Å²) in [5.74, 6) is 0.105. The van der Waals surface area contributed by atoms with Gasteiger partial charge in [0.2, 0.25) is 5.91 Å². The van der Waals surface area contributed by atoms with E-state index >= 15 is 0 Å². The lowest BCUT2D eigenvalue weighted by molar-refractivity contribution is -0.124. The van der Waals surface area contributed by atoms with Gasteiger partial charge in [-0.2, -0.15) is 0 Å². The monoisotopic (exact) mass is 250 g/mol. The molecular weight excluding hydrogens is 236 g/mol. The van der Waals surface area contributed by atoms with Crippen LogP contribution in [0, 0.1) is 5.41 Å². The fraction of sp³-hybridized carbons (Fsp3) is 0.462. The van der Waals surface area contributed by atoms with Gasteiger partial charge >= 0.3 is 0 Å². The predicted octanol–water partition coefficient (Wildman–Crippen LogP) is 3.26. The number of amides is 1. The van der Waals surface area contributed by atoms with Crippen LogP contribution in [-0.4, -0.2) is 11.9 Å². The van der Waals surface area contributed by atoms with Gasteiger partial charge in [0, 0.05) is 11.1 Å². The van der Waals surface area contributed by atoms with Crippen molar-refractivity contribution in [3.8, 4) is 0 Å². The molecule has 1 fully saturated rings. The van der Waals surface area contributed by atoms with E-state index in [2.05, 4.69) is 10.6 Å². The Bertz CT molecular complexity index is 488. The number of hydrogen-bond donors (Lipinski definition) is 2. The lowest BCUT2D eigenvalue weighted by atomic mass is 9.84. The van der Waals surface area contributed by atoms with Crippen molar-refractivity contribution in [2.75, 3.05) is 10.6 Å². The third kappa shape index (κ3) is 1.61. The minimum absolute atomic E-state index is 0.105. The van der Waals surface area contributed by atoms with Crippen molar-refractivity contribution in [3.05, 3.63) is 23.2 Å². The zero-order valence-corrected chi connectivity index (χ0v) is 10.5. The van der Waals surface area contributed by atoms with E-state index in [0.717, 1.165) is 30.6 Å². The van der Waals surface area contributed by atoms with Crippen LogP contribution in [0.25, 0.3) is 0 Å². The maximum atomic E-state index is 12.3. The molecule has 1 heterocycles. The second-order valence-corrected chi connectivity index (χ2v) is 5.59. The Hall–Kier alpha value is -1.22. The van der Waals surface area contributed by atoms with Crippen molar-refractivity contribution in [1.82, 2.24) is 0 Å². The van der Waals surface area contributed by atoms with Crippen molar-refractivity contribution in [1.29, 1.82) is 0 Å². The molecule has 1 saturated carbocycles. The van der Waals surface area contributed by atoms with Crippen molar-refractivity contribution in [3.63, 3.8) is 0 Å². The highest BCUT2D eigenvalue weighted by atomic mass is 35.5. The molecule has 0 bridgehead atoms. The van der Waals surface area contributed by atoms with E-state index in [9.17, 15) is 4.79 Å². The molecule has 4 heteroatoms. The smallest absolute Gasteiger partial charge is 0.232 e. The first-order chi connectivity index (χ1) is 8.09. The molecule has 2 N–H and O–H groups in total. The molecule has 0 saturated heterocycles. The lowest BCUT2D eigenvalue weighted by Crippen LogP contribution is -2.41. The third-order valence-corrected chi connectivity index (χ3v) is 4.27. The fourth-order valence-electron chi connectivity index (χ4n) is 2.87. The van der Waals surface area contributed by atoms with Gasteiger partial charge in [0.25, 0.3) is 0 Å². The fourth-order valence-corrected chi connectivity index (χ4v) is 3.04. The van der Waals surface area contributed by atoms with Crippen LogP contribution < -0.4 is 10.6 Å². The molecule has 2 atom stereocenters. The topological polar surface area (TPSA) is 41.1 Å². The van der Waals surface area contributed by atoms with Crippen molar-refractivity contribution in [2.45, 2.75) is 32.2 Å². The summed E-state index contributed by atoms with van der Waals surface area (Å²) in [5.41, 5.74) is 1.46. The summed E-state index contributed by atoms with van der Waals surface area (Å²) in [6, 6.07) is 5.80. The van der Waals surface area contributed by atoms with E-state index in [4.69, 9.17) is 11.6 Å². The summed E-state index contributed by atoms with van der Waals surface area (Å²) in [5, 5.41) is 7.11. The van der Waals surface area contributed by atoms with Gasteiger partial charge in [-0.3, -0.25) is 4.79 Å². The Morgan fingerprint density at radius 3 is 3.06 bits per heavy atom. The molecule has 1 aromatic carbocycles. The Morgan fingerprint density at radius 1 is 1.41 bits per heavy atom. The summed E-state index contributed by atoms with van der Waals surface area (Å²) >= 11 is 5.95. The van der Waals surface area contributed by atoms with Gasteiger partial charge in [0.05, 0.1) is 16.8 Å². The largest absolute Gasteiger partial charge is 0.380 e. The van der Waals surface area contributed by atoms with Crippen LogP contribution in [0.3, 0.4) is 0 Å². The van der Waals surface area contributed by atoms with E-state index in [0.29, 0.717) is 5.02 Å². The Labute approximate surface area is 106 Å². The van der Waals surface area contributed by atoms with Crippen LogP contribution in [0.5, 0.6) is 0 Å². The minimum atomic E-state index is -0.300. The third-order valence-electron chi connectivity index (χ3n) is 4.04. The molecule has 90 valence electrons. The maximum Gasteiger partial charge on any atom is 0.232 e. The number of carbonyl (C=O) groups excluding carboxylic acids is 1. The van der Waals surface area contributed by atoms with Crippen LogP contribution >= 0.6 is 11.6 Å². The van der Waals surface area contributed by atoms with Crippen LogP contribution in [0.15, 0.2) is 18.2 Å². The Morgan fingerprint density at radius 2 is 2.24 bits per heavy atom. The number of hydrogen-bond acceptors (Lipinski definition) is 2. The number of carbonyl (C=O) groups is 1. The van der Waals surface area contributed by atoms with Crippen LogP contribution in [-0.2, 0) is 4.79 Å². The van der Waals surface area contributed by atoms with E-state index in [1.165, 1.54) is 0 Å². The highest BCUT2D eigenvalue weighted by molar-refractivity contribution is 6.31. The van der Waals surface area contributed by atoms with E-state index in [-0.39, 0.29) is 17.4 Å². The van der Waals surface area contributed by atoms with Crippen molar-refractivity contribution in [2.24, 2.45) is 5.41 Å². The summed E-state index contributed by atoms with van der Waals surface area (Å²) in [4.78, 5) is 12.3. The average Bonchev–Trinajstić information content (AvgIpc) is 2.61. The minimum Gasteiger partial charge on any atom is -0.380 e. The van der Waals surface area contributed by atoms with Gasteiger partial charge in [-0.05, 0) is 38.0 Å². The molecule has 0 aromatic heterocycles. The van der Waals surface area contributed by atoms with Gasteiger partial charge in [-0.15, -0.1) is 0 Å². The Kier molecular flexibility index (Phi) is 2.33. The highest BCUT2D eigenvalue weighted by Crippen LogP contribution is 2.44. The number of fused-ring (bicyclic) bond motifs is 2. The molecule has 3 nitrogen and oxygen atoms in total. The van der Waals surface area contributed by atoms with E-state index < -0.39 is 0 Å². The molecular formula is C13H15ClN2O. The van der Waals surface area contributed by atoms with Crippen LogP contribution in [0.4, 0.5) is 11.4 Å². The number of nitrogens with one attached hydrogen (secondary N) is 2. The van der Waals surface area contributed by atoms with Crippen LogP contribution in [0.1, 0.15) is 26.2 Å². The predicted molar refractivity (Wildman–Crippen MR) is 69.5 cm³/mol. The molecule has 2 unspecified atom stereocenters. The summed E-state index contributed by atoms with van der Waals surface area (Å²) < 4.78 is 0. The van der Waals surface area contributed by atoms with E-state index in [1.807, 2.05) is 19.1 Å². The molecule has 0 spiro atoms. The summed E-state index contributed by atoms with van der Waals surface area (Å²) in [6.45, 7) is 2.04. The number of halogens is 1. The molecule has 1 amide bonds. The summed E-state index contributed by atoms with van der Waals surface area (Å²) in [6.07, 6.45) is 3.09. The molecule has 1 aromatic rings. The second kappa shape index (κ2) is 3.64. The molecule has 2 aliphatic rings. The zero-order chi connectivity index (χ0) is 12.0. The summed E-state index contributed by atoms with van der Waals surface area (Å²) in [7, 11) is 0. The lowest BCUT2D eigenvalue weighted by Gasteiger charge is -2.27. The van der Waals surface area contributed by atoms with Crippen molar-refractivity contribution >= 4 is 28.9 Å². The molecule has 1 aliphatic heterocycles. The van der Waals surface area contributed by atoms with Gasteiger partial charge in [0.1, 0.15) is 0 Å². The second-order valence-electron chi connectivity index (χ2n) is 5.15. The normalized spacial score (nSPS) is 30.9. The van der Waals surface area contributed by atoms with Crippen molar-refractivity contribution < 1.29 is 4.79 Å². The quantitative estimate of drug-likeness (QED) is 0.742. The first kappa shape index (κ1) is 10.9. The SMILES string of the molecule is CC12CCCC1Nc1ccc(Cl)cc1NC2=O. The highest BCUT2D eigenvalue weighted by Gasteiger charge is 2.46. The standard InChI is InChI=1S/C13H15ClN2O/c1-13-6-2-3-11(13)15-9-5-4-8(14)7-10(9)16-12(13)17/h4-5,7,11,15H,2-3,6H2,1H3,(H,16,17). The molecule has 0 radical (unpaired) electrons. The number of anilines is 2. The number of rotatable bonds is 0. The first-order valence-electron chi connectivity index (χ1n) is 5.97. The van der Waals surface area contributed by atoms with Gasteiger partial charge in [-0.25, -0.2) is 0 Å². The maximum absolute atomic E-state index is 12.3. The molecule has 3 rings (SSSR count).